The molecule has 0 aromatic heterocycles. The maximum absolute atomic E-state index is 12.7. The van der Waals surface area contributed by atoms with E-state index in [0.717, 1.165) is 39.1 Å². The van der Waals surface area contributed by atoms with E-state index >= 15 is 0 Å². The molecule has 0 aromatic rings. The summed E-state index contributed by atoms with van der Waals surface area (Å²) in [5.41, 5.74) is 6.27. The van der Waals surface area contributed by atoms with Gasteiger partial charge in [-0.3, -0.25) is 20.4 Å². The van der Waals surface area contributed by atoms with Crippen molar-refractivity contribution in [3.63, 3.8) is 0 Å². The van der Waals surface area contributed by atoms with Gasteiger partial charge >= 0.3 is 11.9 Å². The molecule has 314 valence electrons. The van der Waals surface area contributed by atoms with Gasteiger partial charge in [-0.15, -0.1) is 0 Å². The fourth-order valence-electron chi connectivity index (χ4n) is 6.30. The number of ether oxygens (including phenoxy) is 3. The second kappa shape index (κ2) is 35.0. The Balaban J connectivity index is 2.19. The topological polar surface area (TPSA) is 203 Å². The van der Waals surface area contributed by atoms with Gasteiger partial charge in [0.25, 0.3) is 0 Å². The Morgan fingerprint density at radius 1 is 0.623 bits per heavy atom. The summed E-state index contributed by atoms with van der Waals surface area (Å²) >= 11 is 0. The van der Waals surface area contributed by atoms with E-state index in [9.17, 15) is 30.0 Å². The van der Waals surface area contributed by atoms with Crippen molar-refractivity contribution in [2.45, 2.75) is 179 Å². The predicted molar refractivity (Wildman–Crippen MR) is 208 cm³/mol. The molecule has 6 atom stereocenters. The Kier molecular flexibility index (Phi) is 32.7. The second-order valence-corrected chi connectivity index (χ2v) is 14.5. The Labute approximate surface area is 320 Å². The van der Waals surface area contributed by atoms with Gasteiger partial charge in [0.1, 0.15) is 24.4 Å². The highest BCUT2D eigenvalue weighted by Crippen LogP contribution is 2.26. The van der Waals surface area contributed by atoms with E-state index in [1.54, 1.807) is 0 Å². The minimum atomic E-state index is -1.66. The summed E-state index contributed by atoms with van der Waals surface area (Å²) in [5, 5.41) is 49.0. The predicted octanol–water partition coefficient (Wildman–Crippen LogP) is 2.95. The van der Waals surface area contributed by atoms with E-state index in [2.05, 4.69) is 40.6 Å². The first-order chi connectivity index (χ1) is 25.8. The summed E-state index contributed by atoms with van der Waals surface area (Å²) in [4.78, 5) is 25.0. The Hall–Kier alpha value is -1.46. The van der Waals surface area contributed by atoms with Crippen molar-refractivity contribution in [3.8, 4) is 0 Å². The minimum Gasteiger partial charge on any atom is -0.460 e. The summed E-state index contributed by atoms with van der Waals surface area (Å²) in [7, 11) is 0. The quantitative estimate of drug-likeness (QED) is 0.0253. The van der Waals surface area contributed by atoms with Crippen LogP contribution >= 0.6 is 0 Å². The summed E-state index contributed by atoms with van der Waals surface area (Å²) in [5.74, 6) is -1.19. The number of rotatable bonds is 38. The van der Waals surface area contributed by atoms with Crippen LogP contribution in [0.1, 0.15) is 142 Å². The number of hydrazine groups is 1. The maximum atomic E-state index is 12.7. The Morgan fingerprint density at radius 3 is 1.77 bits per heavy atom. The van der Waals surface area contributed by atoms with E-state index in [4.69, 9.17) is 14.2 Å². The van der Waals surface area contributed by atoms with Crippen LogP contribution in [0.5, 0.6) is 0 Å². The van der Waals surface area contributed by atoms with Crippen molar-refractivity contribution in [2.24, 2.45) is 0 Å². The third-order valence-electron chi connectivity index (χ3n) is 9.51. The first kappa shape index (κ1) is 49.6. The number of unbranched alkanes of at least 4 members (excludes halogenated alkanes) is 15. The lowest BCUT2D eigenvalue weighted by Gasteiger charge is -2.23. The molecule has 1 unspecified atom stereocenters. The average molecular weight is 762 g/mol. The van der Waals surface area contributed by atoms with Crippen LogP contribution in [0.4, 0.5) is 0 Å². The van der Waals surface area contributed by atoms with Crippen molar-refractivity contribution >= 4 is 11.9 Å². The standard InChI is InChI=1S/C39H79N5O9/c1-3-5-6-7-8-9-10-11-12-13-14-15-16-17-18-19-24-41-25-26-42-29-32(30-44-43-28-27-40-23-4-2)51-34(47)21-20-22-35(48)52-38-36(49)39(50)53-37(38)33(46)31-45/h32-33,36-46,49-50H,3-31H2,1-2H3/t32?,33-,36-,37-,38-,39+/m1/s1. The molecular formula is C39H79N5O9. The average Bonchev–Trinajstić information content (AvgIpc) is 3.42. The van der Waals surface area contributed by atoms with E-state index < -0.39 is 55.4 Å². The normalized spacial score (nSPS) is 19.7. The van der Waals surface area contributed by atoms with Crippen molar-refractivity contribution < 1.29 is 44.2 Å². The van der Waals surface area contributed by atoms with Gasteiger partial charge in [0.05, 0.1) is 6.61 Å². The molecule has 1 fully saturated rings. The van der Waals surface area contributed by atoms with Crippen LogP contribution < -0.4 is 26.8 Å². The minimum absolute atomic E-state index is 0.0180. The van der Waals surface area contributed by atoms with Gasteiger partial charge in [-0.05, 0) is 32.4 Å². The van der Waals surface area contributed by atoms with Crippen LogP contribution in [0.25, 0.3) is 0 Å². The van der Waals surface area contributed by atoms with Crippen molar-refractivity contribution in [1.82, 2.24) is 26.8 Å². The molecule has 9 N–H and O–H groups in total. The zero-order valence-electron chi connectivity index (χ0n) is 33.3. The molecule has 1 saturated heterocycles. The molecule has 1 rings (SSSR count). The fraction of sp³-hybridized carbons (Fsp3) is 0.949. The molecule has 0 saturated carbocycles. The van der Waals surface area contributed by atoms with E-state index in [-0.39, 0.29) is 19.3 Å². The Bertz CT molecular complexity index is 862. The number of esters is 2. The second-order valence-electron chi connectivity index (χ2n) is 14.5. The molecule has 1 aliphatic rings. The van der Waals surface area contributed by atoms with E-state index in [1.807, 2.05) is 0 Å². The first-order valence-corrected chi connectivity index (χ1v) is 21.1. The highest BCUT2D eigenvalue weighted by Gasteiger charge is 2.48. The SMILES string of the molecule is CCCCCCCCCCCCCCCCCCNCCNCC(CNNCCNCCC)OC(=O)CCCC(=O)O[C@@H]1[C@@H](O)[C@@H](O)O[C@@H]1[C@H](O)CO. The molecule has 14 heteroatoms. The van der Waals surface area contributed by atoms with Gasteiger partial charge in [-0.2, -0.15) is 0 Å². The molecule has 1 aliphatic heterocycles. The first-order valence-electron chi connectivity index (χ1n) is 21.1. The van der Waals surface area contributed by atoms with Gasteiger partial charge < -0.3 is 50.6 Å². The van der Waals surface area contributed by atoms with Gasteiger partial charge in [0.15, 0.2) is 12.4 Å². The summed E-state index contributed by atoms with van der Waals surface area (Å²) in [6.45, 7) is 9.60. The molecule has 0 amide bonds. The maximum Gasteiger partial charge on any atom is 0.306 e. The summed E-state index contributed by atoms with van der Waals surface area (Å²) < 4.78 is 15.9. The third kappa shape index (κ3) is 26.9. The summed E-state index contributed by atoms with van der Waals surface area (Å²) in [6, 6.07) is 0. The van der Waals surface area contributed by atoms with Crippen LogP contribution in [0.3, 0.4) is 0 Å². The van der Waals surface area contributed by atoms with Gasteiger partial charge in [-0.1, -0.05) is 110 Å². The highest BCUT2D eigenvalue weighted by atomic mass is 16.7. The van der Waals surface area contributed by atoms with Crippen LogP contribution in [0, 0.1) is 0 Å². The number of carbonyl (C=O) groups excluding carboxylic acids is 2. The zero-order chi connectivity index (χ0) is 38.8. The van der Waals surface area contributed by atoms with E-state index in [1.165, 1.54) is 103 Å². The number of carbonyl (C=O) groups is 2. The lowest BCUT2D eigenvalue weighted by atomic mass is 10.0. The lowest BCUT2D eigenvalue weighted by molar-refractivity contribution is -0.162. The molecule has 0 aromatic carbocycles. The largest absolute Gasteiger partial charge is 0.460 e. The smallest absolute Gasteiger partial charge is 0.306 e. The zero-order valence-corrected chi connectivity index (χ0v) is 33.3. The molecule has 0 spiro atoms. The molecule has 53 heavy (non-hydrogen) atoms. The van der Waals surface area contributed by atoms with Crippen LogP contribution in [-0.2, 0) is 23.8 Å². The molecular weight excluding hydrogens is 682 g/mol. The molecule has 0 radical (unpaired) electrons. The van der Waals surface area contributed by atoms with Crippen molar-refractivity contribution in [3.05, 3.63) is 0 Å². The van der Waals surface area contributed by atoms with Gasteiger partial charge in [-0.25, -0.2) is 0 Å². The number of hydrogen-bond acceptors (Lipinski definition) is 14. The molecule has 1 heterocycles. The Morgan fingerprint density at radius 2 is 1.17 bits per heavy atom. The number of aliphatic hydroxyl groups excluding tert-OH is 4. The molecule has 14 nitrogen and oxygen atoms in total. The number of aliphatic hydroxyl groups is 4. The fourth-order valence-corrected chi connectivity index (χ4v) is 6.30. The highest BCUT2D eigenvalue weighted by molar-refractivity contribution is 5.72. The summed E-state index contributed by atoms with van der Waals surface area (Å²) in [6.07, 6.45) is 15.2. The van der Waals surface area contributed by atoms with Crippen LogP contribution in [0.15, 0.2) is 0 Å². The van der Waals surface area contributed by atoms with E-state index in [0.29, 0.717) is 19.6 Å². The molecule has 0 aliphatic carbocycles. The van der Waals surface area contributed by atoms with Crippen LogP contribution in [-0.4, -0.2) is 128 Å². The van der Waals surface area contributed by atoms with Crippen LogP contribution in [0.2, 0.25) is 0 Å². The molecule has 0 bridgehead atoms. The third-order valence-corrected chi connectivity index (χ3v) is 9.51. The van der Waals surface area contributed by atoms with Crippen molar-refractivity contribution in [2.75, 3.05) is 59.0 Å². The van der Waals surface area contributed by atoms with Gasteiger partial charge in [0.2, 0.25) is 0 Å². The van der Waals surface area contributed by atoms with Crippen molar-refractivity contribution in [1.29, 1.82) is 0 Å². The lowest BCUT2D eigenvalue weighted by Crippen LogP contribution is -2.46. The monoisotopic (exact) mass is 762 g/mol. The number of hydrogen-bond donors (Lipinski definition) is 9. The number of nitrogens with one attached hydrogen (secondary N) is 5. The van der Waals surface area contributed by atoms with Gasteiger partial charge in [0, 0.05) is 52.1 Å².